The Kier molecular flexibility index (Phi) is 4.30. The van der Waals surface area contributed by atoms with Crippen molar-refractivity contribution < 1.29 is 14.7 Å². The number of carboxylic acids is 1. The van der Waals surface area contributed by atoms with Crippen LogP contribution in [-0.4, -0.2) is 26.8 Å². The first-order valence-electron chi connectivity index (χ1n) is 7.00. The van der Waals surface area contributed by atoms with Crippen molar-refractivity contribution in [1.29, 1.82) is 0 Å². The fraction of sp³-hybridized carbons (Fsp3) is 0.312. The minimum absolute atomic E-state index is 0.135. The number of aromatic carboxylic acids is 1. The highest BCUT2D eigenvalue weighted by Gasteiger charge is 2.17. The number of benzene rings is 1. The minimum Gasteiger partial charge on any atom is -0.478 e. The second-order valence-electron chi connectivity index (χ2n) is 5.47. The Balaban J connectivity index is 2.29. The van der Waals surface area contributed by atoms with Crippen LogP contribution >= 0.6 is 0 Å². The number of nitrogens with one attached hydrogen (secondary N) is 1. The molecule has 0 atom stereocenters. The number of carbonyl (C=O) groups is 2. The molecule has 1 heterocycles. The van der Waals surface area contributed by atoms with Gasteiger partial charge < -0.3 is 10.4 Å². The summed E-state index contributed by atoms with van der Waals surface area (Å²) in [7, 11) is 0. The van der Waals surface area contributed by atoms with Crippen molar-refractivity contribution in [2.45, 2.75) is 33.7 Å². The molecule has 0 bridgehead atoms. The summed E-state index contributed by atoms with van der Waals surface area (Å²) in [6.07, 6.45) is 1.53. The highest BCUT2D eigenvalue weighted by Crippen LogP contribution is 2.19. The van der Waals surface area contributed by atoms with Crippen LogP contribution in [0.15, 0.2) is 24.4 Å². The lowest BCUT2D eigenvalue weighted by Gasteiger charge is -2.11. The van der Waals surface area contributed by atoms with Gasteiger partial charge in [0.25, 0.3) is 5.91 Å². The molecule has 1 aromatic carbocycles. The van der Waals surface area contributed by atoms with E-state index in [9.17, 15) is 9.59 Å². The first-order valence-corrected chi connectivity index (χ1v) is 7.00. The molecule has 0 aliphatic carbocycles. The summed E-state index contributed by atoms with van der Waals surface area (Å²) in [5, 5.41) is 16.0. The Labute approximate surface area is 128 Å². The number of carboxylic acid groups (broad SMARTS) is 1. The first-order chi connectivity index (χ1) is 10.3. The molecule has 1 aromatic heterocycles. The highest BCUT2D eigenvalue weighted by molar-refractivity contribution is 6.05. The zero-order valence-corrected chi connectivity index (χ0v) is 13.0. The molecule has 1 amide bonds. The molecule has 2 aromatic rings. The van der Waals surface area contributed by atoms with Crippen LogP contribution in [0.4, 0.5) is 5.69 Å². The van der Waals surface area contributed by atoms with E-state index in [1.807, 2.05) is 27.7 Å². The van der Waals surface area contributed by atoms with Crippen molar-refractivity contribution in [1.82, 2.24) is 9.78 Å². The molecule has 0 spiro atoms. The number of nitrogens with zero attached hydrogens (tertiary/aromatic N) is 2. The van der Waals surface area contributed by atoms with E-state index in [2.05, 4.69) is 10.4 Å². The molecule has 2 rings (SSSR count). The second kappa shape index (κ2) is 6.01. The summed E-state index contributed by atoms with van der Waals surface area (Å²) < 4.78 is 1.77. The number of amides is 1. The zero-order chi connectivity index (χ0) is 16.4. The van der Waals surface area contributed by atoms with E-state index in [1.54, 1.807) is 10.7 Å². The predicted molar refractivity (Wildman–Crippen MR) is 83.4 cm³/mol. The van der Waals surface area contributed by atoms with Gasteiger partial charge in [-0.1, -0.05) is 6.07 Å². The van der Waals surface area contributed by atoms with Gasteiger partial charge in [-0.15, -0.1) is 0 Å². The Bertz CT molecular complexity index is 732. The summed E-state index contributed by atoms with van der Waals surface area (Å²) in [6, 6.07) is 4.80. The lowest BCUT2D eigenvalue weighted by Crippen LogP contribution is -2.15. The number of aromatic nitrogens is 2. The van der Waals surface area contributed by atoms with E-state index in [4.69, 9.17) is 5.11 Å². The quantitative estimate of drug-likeness (QED) is 0.909. The summed E-state index contributed by atoms with van der Waals surface area (Å²) in [5.41, 5.74) is 2.68. The Morgan fingerprint density at radius 2 is 1.95 bits per heavy atom. The number of carbonyl (C=O) groups excluding carboxylic acids is 1. The Morgan fingerprint density at radius 3 is 2.50 bits per heavy atom. The molecular weight excluding hydrogens is 282 g/mol. The third-order valence-electron chi connectivity index (χ3n) is 3.51. The van der Waals surface area contributed by atoms with Gasteiger partial charge in [-0.2, -0.15) is 5.10 Å². The van der Waals surface area contributed by atoms with Crippen molar-refractivity contribution in [2.24, 2.45) is 0 Å². The molecule has 0 aliphatic heterocycles. The molecule has 2 N–H and O–H groups in total. The van der Waals surface area contributed by atoms with E-state index < -0.39 is 5.97 Å². The smallest absolute Gasteiger partial charge is 0.335 e. The van der Waals surface area contributed by atoms with Crippen LogP contribution in [0, 0.1) is 13.8 Å². The van der Waals surface area contributed by atoms with Crippen LogP contribution in [0.2, 0.25) is 0 Å². The predicted octanol–water partition coefficient (Wildman–Crippen LogP) is 3.03. The zero-order valence-electron chi connectivity index (χ0n) is 13.0. The SMILES string of the molecule is Cc1ccc(C(=O)O)cc1NC(=O)c1cnn(C(C)C)c1C. The largest absolute Gasteiger partial charge is 0.478 e. The van der Waals surface area contributed by atoms with Gasteiger partial charge in [0, 0.05) is 17.4 Å². The van der Waals surface area contributed by atoms with Gasteiger partial charge in [0.2, 0.25) is 0 Å². The standard InChI is InChI=1S/C16H19N3O3/c1-9(2)19-11(4)13(8-17-19)15(20)18-14-7-12(16(21)22)6-5-10(14)3/h5-9H,1-4H3,(H,18,20)(H,21,22). The average Bonchev–Trinajstić information content (AvgIpc) is 2.83. The van der Waals surface area contributed by atoms with Crippen molar-refractivity contribution in [3.8, 4) is 0 Å². The summed E-state index contributed by atoms with van der Waals surface area (Å²) in [5.74, 6) is -1.32. The maximum absolute atomic E-state index is 12.4. The maximum Gasteiger partial charge on any atom is 0.335 e. The van der Waals surface area contributed by atoms with Crippen LogP contribution in [0.1, 0.15) is 51.9 Å². The molecule has 0 fully saturated rings. The van der Waals surface area contributed by atoms with Gasteiger partial charge in [0.1, 0.15) is 0 Å². The van der Waals surface area contributed by atoms with Gasteiger partial charge in [-0.25, -0.2) is 4.79 Å². The molecule has 6 heteroatoms. The number of anilines is 1. The number of rotatable bonds is 4. The molecule has 6 nitrogen and oxygen atoms in total. The lowest BCUT2D eigenvalue weighted by atomic mass is 10.1. The summed E-state index contributed by atoms with van der Waals surface area (Å²) in [6.45, 7) is 7.62. The van der Waals surface area contributed by atoms with Crippen molar-refractivity contribution >= 4 is 17.6 Å². The molecular formula is C16H19N3O3. The summed E-state index contributed by atoms with van der Waals surface area (Å²) >= 11 is 0. The van der Waals surface area contributed by atoms with Gasteiger partial charge in [-0.05, 0) is 45.4 Å². The fourth-order valence-corrected chi connectivity index (χ4v) is 2.25. The molecule has 0 unspecified atom stereocenters. The van der Waals surface area contributed by atoms with E-state index in [0.717, 1.165) is 11.3 Å². The molecule has 22 heavy (non-hydrogen) atoms. The van der Waals surface area contributed by atoms with E-state index >= 15 is 0 Å². The monoisotopic (exact) mass is 301 g/mol. The van der Waals surface area contributed by atoms with Crippen LogP contribution < -0.4 is 5.32 Å². The topological polar surface area (TPSA) is 84.2 Å². The van der Waals surface area contributed by atoms with Crippen LogP contribution in [0.3, 0.4) is 0 Å². The van der Waals surface area contributed by atoms with Gasteiger partial charge in [-0.3, -0.25) is 9.48 Å². The normalized spacial score (nSPS) is 10.8. The third kappa shape index (κ3) is 3.00. The number of aryl methyl sites for hydroxylation is 1. The molecule has 0 radical (unpaired) electrons. The highest BCUT2D eigenvalue weighted by atomic mass is 16.4. The first kappa shape index (κ1) is 15.8. The second-order valence-corrected chi connectivity index (χ2v) is 5.47. The van der Waals surface area contributed by atoms with Crippen LogP contribution in [0.25, 0.3) is 0 Å². The molecule has 0 saturated carbocycles. The number of hydrogen-bond acceptors (Lipinski definition) is 3. The van der Waals surface area contributed by atoms with Gasteiger partial charge >= 0.3 is 5.97 Å². The van der Waals surface area contributed by atoms with Crippen molar-refractivity contribution in [3.63, 3.8) is 0 Å². The van der Waals surface area contributed by atoms with E-state index in [1.165, 1.54) is 18.3 Å². The maximum atomic E-state index is 12.4. The Morgan fingerprint density at radius 1 is 1.27 bits per heavy atom. The number of hydrogen-bond donors (Lipinski definition) is 2. The van der Waals surface area contributed by atoms with E-state index in [0.29, 0.717) is 11.3 Å². The third-order valence-corrected chi connectivity index (χ3v) is 3.51. The van der Waals surface area contributed by atoms with Gasteiger partial charge in [0.05, 0.1) is 17.3 Å². The lowest BCUT2D eigenvalue weighted by molar-refractivity contribution is 0.0696. The minimum atomic E-state index is -1.03. The molecule has 0 aliphatic rings. The van der Waals surface area contributed by atoms with Crippen LogP contribution in [-0.2, 0) is 0 Å². The van der Waals surface area contributed by atoms with E-state index in [-0.39, 0.29) is 17.5 Å². The molecule has 0 saturated heterocycles. The van der Waals surface area contributed by atoms with Crippen molar-refractivity contribution in [2.75, 3.05) is 5.32 Å². The molecule has 116 valence electrons. The summed E-state index contributed by atoms with van der Waals surface area (Å²) in [4.78, 5) is 23.4. The van der Waals surface area contributed by atoms with Crippen LogP contribution in [0.5, 0.6) is 0 Å². The fourth-order valence-electron chi connectivity index (χ4n) is 2.25. The van der Waals surface area contributed by atoms with Crippen molar-refractivity contribution in [3.05, 3.63) is 46.8 Å². The Hall–Kier alpha value is -2.63. The average molecular weight is 301 g/mol. The van der Waals surface area contributed by atoms with Gasteiger partial charge in [0.15, 0.2) is 0 Å².